The Morgan fingerprint density at radius 1 is 1.21 bits per heavy atom. The third-order valence-corrected chi connectivity index (χ3v) is 5.19. The highest BCUT2D eigenvalue weighted by Crippen LogP contribution is 2.24. The summed E-state index contributed by atoms with van der Waals surface area (Å²) < 4.78 is 58.7. The molecule has 0 amide bonds. The molecule has 3 nitrogen and oxygen atoms in total. The van der Waals surface area contributed by atoms with Crippen LogP contribution in [0, 0.1) is 0 Å². The normalized spacial score (nSPS) is 25.5. The fraction of sp³-hybridized carbons (Fsp3) is 1.00. The minimum absolute atomic E-state index is 0.124. The number of unbranched alkanes of at least 4 members (excludes halogenated alkanes) is 1. The van der Waals surface area contributed by atoms with E-state index in [4.69, 9.17) is 0 Å². The van der Waals surface area contributed by atoms with E-state index in [-0.39, 0.29) is 17.7 Å². The topological polar surface area (TPSA) is 46.2 Å². The third-order valence-electron chi connectivity index (χ3n) is 3.55. The molecule has 2 unspecified atom stereocenters. The quantitative estimate of drug-likeness (QED) is 0.767. The van der Waals surface area contributed by atoms with Crippen molar-refractivity contribution < 1.29 is 21.6 Å². The molecule has 2 atom stereocenters. The Bertz CT molecular complexity index is 368. The zero-order chi connectivity index (χ0) is 14.5. The molecule has 0 saturated heterocycles. The van der Waals surface area contributed by atoms with Crippen LogP contribution in [0.25, 0.3) is 0 Å². The molecule has 1 rings (SSSR count). The van der Waals surface area contributed by atoms with E-state index < -0.39 is 22.4 Å². The highest BCUT2D eigenvalue weighted by molar-refractivity contribution is 7.91. The largest absolute Gasteiger partial charge is 0.389 e. The summed E-state index contributed by atoms with van der Waals surface area (Å²) in [6, 6.07) is 0.124. The van der Waals surface area contributed by atoms with Crippen LogP contribution in [-0.2, 0) is 9.84 Å². The first-order chi connectivity index (χ1) is 8.68. The Kier molecular flexibility index (Phi) is 6.11. The molecular formula is C12H22F3NO2S. The molecule has 1 aliphatic rings. The lowest BCUT2D eigenvalue weighted by Gasteiger charge is -2.28. The van der Waals surface area contributed by atoms with Crippen LogP contribution in [0.4, 0.5) is 13.2 Å². The Labute approximate surface area is 112 Å². The second kappa shape index (κ2) is 6.92. The number of hydrogen-bond donors (Lipinski definition) is 1. The average Bonchev–Trinajstić information content (AvgIpc) is 2.26. The number of alkyl halides is 3. The molecule has 19 heavy (non-hydrogen) atoms. The number of hydrogen-bond acceptors (Lipinski definition) is 3. The van der Waals surface area contributed by atoms with E-state index in [0.717, 1.165) is 12.8 Å². The molecule has 0 aromatic carbocycles. The van der Waals surface area contributed by atoms with Crippen LogP contribution < -0.4 is 5.32 Å². The molecule has 0 heterocycles. The second-order valence-corrected chi connectivity index (χ2v) is 7.67. The van der Waals surface area contributed by atoms with Crippen molar-refractivity contribution in [3.63, 3.8) is 0 Å². The Morgan fingerprint density at radius 3 is 2.47 bits per heavy atom. The van der Waals surface area contributed by atoms with Crippen molar-refractivity contribution in [1.29, 1.82) is 0 Å². The first kappa shape index (κ1) is 16.8. The number of nitrogens with one attached hydrogen (secondary N) is 1. The summed E-state index contributed by atoms with van der Waals surface area (Å²) in [7, 11) is -3.00. The summed E-state index contributed by atoms with van der Waals surface area (Å²) in [5.41, 5.74) is 0. The molecule has 0 spiro atoms. The zero-order valence-electron chi connectivity index (χ0n) is 11.2. The van der Waals surface area contributed by atoms with Gasteiger partial charge < -0.3 is 5.32 Å². The van der Waals surface area contributed by atoms with Gasteiger partial charge in [0.05, 0.1) is 5.25 Å². The van der Waals surface area contributed by atoms with E-state index in [1.165, 1.54) is 6.26 Å². The van der Waals surface area contributed by atoms with Crippen LogP contribution in [-0.4, -0.2) is 38.7 Å². The maximum atomic E-state index is 11.9. The SMILES string of the molecule is CS(=O)(=O)C1CCCC(NCCCCC(F)(F)F)C1. The van der Waals surface area contributed by atoms with Crippen LogP contribution in [0.5, 0.6) is 0 Å². The van der Waals surface area contributed by atoms with Crippen molar-refractivity contribution in [2.24, 2.45) is 0 Å². The van der Waals surface area contributed by atoms with E-state index in [2.05, 4.69) is 5.32 Å². The van der Waals surface area contributed by atoms with Crippen LogP contribution in [0.3, 0.4) is 0 Å². The van der Waals surface area contributed by atoms with Gasteiger partial charge in [0.2, 0.25) is 0 Å². The van der Waals surface area contributed by atoms with Gasteiger partial charge in [0.15, 0.2) is 0 Å². The Hall–Kier alpha value is -0.300. The maximum absolute atomic E-state index is 11.9. The van der Waals surface area contributed by atoms with E-state index in [1.54, 1.807) is 0 Å². The number of rotatable bonds is 6. The molecule has 1 N–H and O–H groups in total. The van der Waals surface area contributed by atoms with Crippen molar-refractivity contribution in [3.05, 3.63) is 0 Å². The predicted molar refractivity (Wildman–Crippen MR) is 68.8 cm³/mol. The maximum Gasteiger partial charge on any atom is 0.389 e. The first-order valence-electron chi connectivity index (χ1n) is 6.67. The second-order valence-electron chi connectivity index (χ2n) is 5.34. The van der Waals surface area contributed by atoms with E-state index in [0.29, 0.717) is 25.8 Å². The van der Waals surface area contributed by atoms with Crippen molar-refractivity contribution >= 4 is 9.84 Å². The van der Waals surface area contributed by atoms with Gasteiger partial charge in [0.25, 0.3) is 0 Å². The molecule has 1 aliphatic carbocycles. The van der Waals surface area contributed by atoms with Crippen molar-refractivity contribution in [2.75, 3.05) is 12.8 Å². The summed E-state index contributed by atoms with van der Waals surface area (Å²) in [6.07, 6.45) is 0.0750. The lowest BCUT2D eigenvalue weighted by atomic mass is 9.95. The molecule has 0 radical (unpaired) electrons. The molecule has 0 aromatic rings. The lowest BCUT2D eigenvalue weighted by Crippen LogP contribution is -2.39. The Balaban J connectivity index is 2.19. The van der Waals surface area contributed by atoms with Gasteiger partial charge in [-0.2, -0.15) is 13.2 Å². The fourth-order valence-corrected chi connectivity index (χ4v) is 3.65. The molecular weight excluding hydrogens is 279 g/mol. The lowest BCUT2D eigenvalue weighted by molar-refractivity contribution is -0.135. The van der Waals surface area contributed by atoms with Crippen LogP contribution in [0.2, 0.25) is 0 Å². The molecule has 114 valence electrons. The predicted octanol–water partition coefficient (Wildman–Crippen LogP) is 2.66. The van der Waals surface area contributed by atoms with E-state index in [9.17, 15) is 21.6 Å². The van der Waals surface area contributed by atoms with E-state index in [1.807, 2.05) is 0 Å². The highest BCUT2D eigenvalue weighted by Gasteiger charge is 2.29. The van der Waals surface area contributed by atoms with Crippen LogP contribution >= 0.6 is 0 Å². The number of halogens is 3. The third kappa shape index (κ3) is 7.15. The van der Waals surface area contributed by atoms with Gasteiger partial charge in [0, 0.05) is 18.7 Å². The van der Waals surface area contributed by atoms with Gasteiger partial charge in [-0.3, -0.25) is 0 Å². The van der Waals surface area contributed by atoms with Gasteiger partial charge in [-0.15, -0.1) is 0 Å². The zero-order valence-corrected chi connectivity index (χ0v) is 12.0. The van der Waals surface area contributed by atoms with Crippen molar-refractivity contribution in [2.45, 2.75) is 62.4 Å². The monoisotopic (exact) mass is 301 g/mol. The molecule has 1 saturated carbocycles. The average molecular weight is 301 g/mol. The molecule has 0 aliphatic heterocycles. The standard InChI is InChI=1S/C12H22F3NO2S/c1-19(17,18)11-6-4-5-10(9-11)16-8-3-2-7-12(13,14)15/h10-11,16H,2-9H2,1H3. The fourth-order valence-electron chi connectivity index (χ4n) is 2.48. The molecule has 0 bridgehead atoms. The smallest absolute Gasteiger partial charge is 0.314 e. The minimum atomic E-state index is -4.08. The summed E-state index contributed by atoms with van der Waals surface area (Å²) >= 11 is 0. The first-order valence-corrected chi connectivity index (χ1v) is 8.63. The van der Waals surface area contributed by atoms with Gasteiger partial charge in [-0.05, 0) is 38.6 Å². The molecule has 0 aromatic heterocycles. The summed E-state index contributed by atoms with van der Waals surface area (Å²) in [5, 5.41) is 2.88. The molecule has 7 heteroatoms. The van der Waals surface area contributed by atoms with Crippen molar-refractivity contribution in [3.8, 4) is 0 Å². The van der Waals surface area contributed by atoms with Gasteiger partial charge in [-0.1, -0.05) is 6.42 Å². The highest BCUT2D eigenvalue weighted by atomic mass is 32.2. The Morgan fingerprint density at radius 2 is 1.89 bits per heavy atom. The number of sulfone groups is 1. The summed E-state index contributed by atoms with van der Waals surface area (Å²) in [5.74, 6) is 0. The molecule has 1 fully saturated rings. The summed E-state index contributed by atoms with van der Waals surface area (Å²) in [4.78, 5) is 0. The minimum Gasteiger partial charge on any atom is -0.314 e. The summed E-state index contributed by atoms with van der Waals surface area (Å²) in [6.45, 7) is 0.525. The van der Waals surface area contributed by atoms with E-state index >= 15 is 0 Å². The van der Waals surface area contributed by atoms with Crippen molar-refractivity contribution in [1.82, 2.24) is 5.32 Å². The van der Waals surface area contributed by atoms with Crippen LogP contribution in [0.1, 0.15) is 44.9 Å². The van der Waals surface area contributed by atoms with Gasteiger partial charge >= 0.3 is 6.18 Å². The van der Waals surface area contributed by atoms with Crippen LogP contribution in [0.15, 0.2) is 0 Å². The van der Waals surface area contributed by atoms with Gasteiger partial charge in [0.1, 0.15) is 9.84 Å². The van der Waals surface area contributed by atoms with Gasteiger partial charge in [-0.25, -0.2) is 8.42 Å².